The van der Waals surface area contributed by atoms with Crippen LogP contribution in [-0.2, 0) is 11.2 Å². The Morgan fingerprint density at radius 2 is 1.91 bits per heavy atom. The fraction of sp³-hybridized carbons (Fsp3) is 0.278. The van der Waals surface area contributed by atoms with Crippen LogP contribution in [0.1, 0.15) is 17.5 Å². The van der Waals surface area contributed by atoms with Gasteiger partial charge in [-0.25, -0.2) is 0 Å². The highest BCUT2D eigenvalue weighted by molar-refractivity contribution is 6.35. The average Bonchev–Trinajstić information content (AvgIpc) is 2.49. The third kappa shape index (κ3) is 6.22. The third-order valence-corrected chi connectivity index (χ3v) is 4.00. The van der Waals surface area contributed by atoms with Gasteiger partial charge in [-0.15, -0.1) is 0 Å². The lowest BCUT2D eigenvalue weighted by atomic mass is 10.1. The van der Waals surface area contributed by atoms with Gasteiger partial charge in [0.25, 0.3) is 0 Å². The van der Waals surface area contributed by atoms with E-state index in [2.05, 4.69) is 10.6 Å². The quantitative estimate of drug-likeness (QED) is 0.723. The summed E-state index contributed by atoms with van der Waals surface area (Å²) in [6, 6.07) is 13.3. The number of rotatable bonds is 7. The predicted molar refractivity (Wildman–Crippen MR) is 97.5 cm³/mol. The van der Waals surface area contributed by atoms with Gasteiger partial charge in [0.05, 0.1) is 0 Å². The maximum absolute atomic E-state index is 11.9. The number of halogens is 2. The lowest BCUT2D eigenvalue weighted by Gasteiger charge is -2.08. The molecule has 0 saturated carbocycles. The highest BCUT2D eigenvalue weighted by atomic mass is 35.5. The van der Waals surface area contributed by atoms with E-state index < -0.39 is 0 Å². The number of benzene rings is 2. The van der Waals surface area contributed by atoms with Crippen molar-refractivity contribution in [3.05, 3.63) is 63.6 Å². The first-order valence-corrected chi connectivity index (χ1v) is 8.31. The summed E-state index contributed by atoms with van der Waals surface area (Å²) in [7, 11) is 0. The van der Waals surface area contributed by atoms with Gasteiger partial charge in [0.1, 0.15) is 0 Å². The van der Waals surface area contributed by atoms with Crippen molar-refractivity contribution >= 4 is 34.8 Å². The number of carbonyl (C=O) groups is 1. The number of hydrogen-bond donors (Lipinski definition) is 2. The van der Waals surface area contributed by atoms with Gasteiger partial charge in [-0.3, -0.25) is 4.79 Å². The van der Waals surface area contributed by atoms with E-state index in [-0.39, 0.29) is 5.91 Å². The van der Waals surface area contributed by atoms with Crippen LogP contribution in [0.5, 0.6) is 0 Å². The zero-order chi connectivity index (χ0) is 16.7. The zero-order valence-electron chi connectivity index (χ0n) is 13.0. The minimum absolute atomic E-state index is 0.00706. The number of nitrogens with one attached hydrogen (secondary N) is 2. The predicted octanol–water partition coefficient (Wildman–Crippen LogP) is 4.46. The number of amides is 1. The summed E-state index contributed by atoms with van der Waals surface area (Å²) in [5, 5.41) is 7.46. The molecule has 3 nitrogen and oxygen atoms in total. The van der Waals surface area contributed by atoms with E-state index in [0.717, 1.165) is 29.8 Å². The summed E-state index contributed by atoms with van der Waals surface area (Å²) >= 11 is 12.0. The zero-order valence-corrected chi connectivity index (χ0v) is 14.5. The molecule has 2 rings (SSSR count). The fourth-order valence-corrected chi connectivity index (χ4v) is 2.72. The molecule has 0 bridgehead atoms. The Morgan fingerprint density at radius 3 is 2.65 bits per heavy atom. The first-order valence-electron chi connectivity index (χ1n) is 7.56. The van der Waals surface area contributed by atoms with Gasteiger partial charge in [-0.2, -0.15) is 0 Å². The molecular weight excluding hydrogens is 331 g/mol. The van der Waals surface area contributed by atoms with Crippen molar-refractivity contribution in [1.82, 2.24) is 5.32 Å². The lowest BCUT2D eigenvalue weighted by Crippen LogP contribution is -2.23. The molecule has 1 amide bonds. The maximum Gasteiger partial charge on any atom is 0.225 e. The van der Waals surface area contributed by atoms with Crippen LogP contribution in [0.2, 0.25) is 10.0 Å². The van der Waals surface area contributed by atoms with E-state index in [0.29, 0.717) is 23.0 Å². The summed E-state index contributed by atoms with van der Waals surface area (Å²) in [6.07, 6.45) is 1.23. The van der Waals surface area contributed by atoms with Gasteiger partial charge in [0.15, 0.2) is 0 Å². The average molecular weight is 351 g/mol. The molecule has 23 heavy (non-hydrogen) atoms. The van der Waals surface area contributed by atoms with Crippen LogP contribution in [0.4, 0.5) is 5.69 Å². The molecule has 0 fully saturated rings. The van der Waals surface area contributed by atoms with E-state index in [1.54, 1.807) is 6.07 Å². The minimum Gasteiger partial charge on any atom is -0.326 e. The fourth-order valence-electron chi connectivity index (χ4n) is 2.22. The highest BCUT2D eigenvalue weighted by Crippen LogP contribution is 2.21. The second-order valence-electron chi connectivity index (χ2n) is 5.40. The van der Waals surface area contributed by atoms with Crippen LogP contribution >= 0.6 is 23.2 Å². The van der Waals surface area contributed by atoms with Crippen LogP contribution in [0.25, 0.3) is 0 Å². The van der Waals surface area contributed by atoms with Gasteiger partial charge in [-0.1, -0.05) is 41.4 Å². The minimum atomic E-state index is 0.00706. The molecule has 0 spiro atoms. The van der Waals surface area contributed by atoms with Gasteiger partial charge < -0.3 is 10.6 Å². The summed E-state index contributed by atoms with van der Waals surface area (Å²) in [4.78, 5) is 11.9. The molecule has 5 heteroatoms. The normalized spacial score (nSPS) is 10.6. The highest BCUT2D eigenvalue weighted by Gasteiger charge is 2.03. The van der Waals surface area contributed by atoms with Gasteiger partial charge in [-0.05, 0) is 55.3 Å². The van der Waals surface area contributed by atoms with Crippen molar-refractivity contribution in [3.63, 3.8) is 0 Å². The second-order valence-corrected chi connectivity index (χ2v) is 6.25. The number of carbonyl (C=O) groups excluding carboxylic acids is 1. The topological polar surface area (TPSA) is 41.1 Å². The summed E-state index contributed by atoms with van der Waals surface area (Å²) in [6.45, 7) is 3.39. The van der Waals surface area contributed by atoms with E-state index in [1.165, 1.54) is 0 Å². The van der Waals surface area contributed by atoms with Crippen LogP contribution in [0.15, 0.2) is 42.5 Å². The molecule has 0 aliphatic carbocycles. The SMILES string of the molecule is Cc1cccc(NC(=O)CCNCCc2ccc(Cl)cc2Cl)c1. The van der Waals surface area contributed by atoms with Crippen molar-refractivity contribution < 1.29 is 4.79 Å². The van der Waals surface area contributed by atoms with E-state index in [1.807, 2.05) is 43.3 Å². The summed E-state index contributed by atoms with van der Waals surface area (Å²) < 4.78 is 0. The summed E-state index contributed by atoms with van der Waals surface area (Å²) in [5.41, 5.74) is 3.01. The molecule has 0 aromatic heterocycles. The van der Waals surface area contributed by atoms with Crippen LogP contribution < -0.4 is 10.6 Å². The van der Waals surface area contributed by atoms with E-state index in [4.69, 9.17) is 23.2 Å². The first-order chi connectivity index (χ1) is 11.0. The molecule has 0 saturated heterocycles. The lowest BCUT2D eigenvalue weighted by molar-refractivity contribution is -0.116. The second kappa shape index (κ2) is 8.92. The number of anilines is 1. The van der Waals surface area contributed by atoms with Crippen molar-refractivity contribution in [1.29, 1.82) is 0 Å². The molecular formula is C18H20Cl2N2O. The molecule has 2 aromatic carbocycles. The van der Waals surface area contributed by atoms with E-state index >= 15 is 0 Å². The monoisotopic (exact) mass is 350 g/mol. The maximum atomic E-state index is 11.9. The van der Waals surface area contributed by atoms with E-state index in [9.17, 15) is 4.79 Å². The summed E-state index contributed by atoms with van der Waals surface area (Å²) in [5.74, 6) is 0.00706. The van der Waals surface area contributed by atoms with Crippen molar-refractivity contribution in [3.8, 4) is 0 Å². The Labute approximate surface area is 147 Å². The third-order valence-electron chi connectivity index (χ3n) is 3.42. The Balaban J connectivity index is 1.66. The van der Waals surface area contributed by atoms with Crippen LogP contribution in [-0.4, -0.2) is 19.0 Å². The first kappa shape index (κ1) is 17.8. The largest absolute Gasteiger partial charge is 0.326 e. The van der Waals surface area contributed by atoms with Crippen molar-refractivity contribution in [2.75, 3.05) is 18.4 Å². The Bertz CT molecular complexity index is 674. The van der Waals surface area contributed by atoms with Crippen molar-refractivity contribution in [2.45, 2.75) is 19.8 Å². The molecule has 0 aliphatic heterocycles. The number of hydrogen-bond acceptors (Lipinski definition) is 2. The van der Waals surface area contributed by atoms with Gasteiger partial charge in [0, 0.05) is 28.7 Å². The molecule has 2 aromatic rings. The molecule has 0 unspecified atom stereocenters. The van der Waals surface area contributed by atoms with Gasteiger partial charge >= 0.3 is 0 Å². The molecule has 122 valence electrons. The molecule has 0 aliphatic rings. The molecule has 0 atom stereocenters. The van der Waals surface area contributed by atoms with Crippen molar-refractivity contribution in [2.24, 2.45) is 0 Å². The van der Waals surface area contributed by atoms with Crippen LogP contribution in [0.3, 0.4) is 0 Å². The molecule has 0 heterocycles. The van der Waals surface area contributed by atoms with Gasteiger partial charge in [0.2, 0.25) is 5.91 Å². The molecule has 2 N–H and O–H groups in total. The standard InChI is InChI=1S/C18H20Cl2N2O/c1-13-3-2-4-16(11-13)22-18(23)8-10-21-9-7-14-5-6-15(19)12-17(14)20/h2-6,11-12,21H,7-10H2,1H3,(H,22,23). The van der Waals surface area contributed by atoms with Crippen LogP contribution in [0, 0.1) is 6.92 Å². The smallest absolute Gasteiger partial charge is 0.225 e. The molecule has 0 radical (unpaired) electrons. The Morgan fingerprint density at radius 1 is 1.09 bits per heavy atom. The number of aryl methyl sites for hydroxylation is 1. The Kier molecular flexibility index (Phi) is 6.90. The Hall–Kier alpha value is -1.55.